The molecule has 3 aromatic rings. The van der Waals surface area contributed by atoms with Gasteiger partial charge in [0.1, 0.15) is 16.6 Å². The second kappa shape index (κ2) is 5.49. The lowest BCUT2D eigenvalue weighted by Crippen LogP contribution is -2.15. The highest BCUT2D eigenvalue weighted by Gasteiger charge is 2.10. The van der Waals surface area contributed by atoms with Gasteiger partial charge in [0.15, 0.2) is 0 Å². The highest BCUT2D eigenvalue weighted by atomic mass is 32.1. The third-order valence-corrected chi connectivity index (χ3v) is 3.54. The molecule has 21 heavy (non-hydrogen) atoms. The smallest absolute Gasteiger partial charge is 0.137 e. The first-order valence-corrected chi connectivity index (χ1v) is 6.95. The van der Waals surface area contributed by atoms with Crippen LogP contribution in [-0.4, -0.2) is 19.5 Å². The number of thiocarbonyl (C=S) groups is 1. The highest BCUT2D eigenvalue weighted by molar-refractivity contribution is 7.80. The predicted octanol–water partition coefficient (Wildman–Crippen LogP) is 2.21. The summed E-state index contributed by atoms with van der Waals surface area (Å²) in [4.78, 5) is 9.22. The van der Waals surface area contributed by atoms with Crippen molar-refractivity contribution in [3.05, 3.63) is 54.1 Å². The molecule has 0 atom stereocenters. The molecule has 0 spiro atoms. The summed E-state index contributed by atoms with van der Waals surface area (Å²) in [5.74, 6) is 1.60. The van der Waals surface area contributed by atoms with E-state index in [0.717, 1.165) is 22.3 Å². The largest absolute Gasteiger partial charge is 0.389 e. The maximum absolute atomic E-state index is 5.82. The van der Waals surface area contributed by atoms with Crippen LogP contribution in [0.2, 0.25) is 0 Å². The standard InChI is InChI=1S/C15H15N5S/c1-20-7-6-17-13(20)9-18-15-11(14(16)21)8-10-4-2-3-5-12(10)19-15/h2-8H,9H2,1H3,(H2,16,21)(H,18,19). The fourth-order valence-electron chi connectivity index (χ4n) is 2.17. The Hall–Kier alpha value is -2.47. The number of imidazole rings is 1. The van der Waals surface area contributed by atoms with Crippen LogP contribution in [0.3, 0.4) is 0 Å². The third-order valence-electron chi connectivity index (χ3n) is 3.32. The van der Waals surface area contributed by atoms with Gasteiger partial charge in [-0.05, 0) is 12.1 Å². The first-order valence-electron chi connectivity index (χ1n) is 6.55. The van der Waals surface area contributed by atoms with E-state index in [4.69, 9.17) is 18.0 Å². The van der Waals surface area contributed by atoms with Gasteiger partial charge in [0.2, 0.25) is 0 Å². The molecule has 2 aromatic heterocycles. The maximum Gasteiger partial charge on any atom is 0.137 e. The lowest BCUT2D eigenvalue weighted by Gasteiger charge is -2.11. The number of nitrogens with two attached hydrogens (primary N) is 1. The van der Waals surface area contributed by atoms with Crippen molar-refractivity contribution < 1.29 is 0 Å². The zero-order valence-corrected chi connectivity index (χ0v) is 12.4. The van der Waals surface area contributed by atoms with Crippen LogP contribution < -0.4 is 11.1 Å². The van der Waals surface area contributed by atoms with Crippen molar-refractivity contribution in [3.63, 3.8) is 0 Å². The summed E-state index contributed by atoms with van der Waals surface area (Å²) in [5.41, 5.74) is 7.47. The second-order valence-corrected chi connectivity index (χ2v) is 5.19. The summed E-state index contributed by atoms with van der Waals surface area (Å²) in [6, 6.07) is 9.84. The van der Waals surface area contributed by atoms with E-state index in [2.05, 4.69) is 15.3 Å². The molecule has 3 N–H and O–H groups in total. The molecule has 0 bridgehead atoms. The molecule has 3 rings (SSSR count). The van der Waals surface area contributed by atoms with Crippen LogP contribution >= 0.6 is 12.2 Å². The summed E-state index contributed by atoms with van der Waals surface area (Å²) >= 11 is 5.13. The Morgan fingerprint density at radius 1 is 1.38 bits per heavy atom. The average Bonchev–Trinajstić information content (AvgIpc) is 2.89. The molecule has 0 fully saturated rings. The Balaban J connectivity index is 1.97. The number of pyridine rings is 1. The minimum absolute atomic E-state index is 0.329. The summed E-state index contributed by atoms with van der Waals surface area (Å²) in [7, 11) is 1.95. The molecule has 5 nitrogen and oxygen atoms in total. The van der Waals surface area contributed by atoms with Gasteiger partial charge < -0.3 is 15.6 Å². The molecular weight excluding hydrogens is 282 g/mol. The Morgan fingerprint density at radius 2 is 2.19 bits per heavy atom. The van der Waals surface area contributed by atoms with Gasteiger partial charge in [0.05, 0.1) is 17.6 Å². The number of aryl methyl sites for hydroxylation is 1. The van der Waals surface area contributed by atoms with E-state index in [1.54, 1.807) is 6.20 Å². The molecule has 1 aromatic carbocycles. The number of rotatable bonds is 4. The van der Waals surface area contributed by atoms with E-state index >= 15 is 0 Å². The Morgan fingerprint density at radius 3 is 2.90 bits per heavy atom. The third kappa shape index (κ3) is 2.71. The molecule has 0 aliphatic heterocycles. The number of anilines is 1. The fourth-order valence-corrected chi connectivity index (χ4v) is 2.32. The molecule has 0 aliphatic rings. The zero-order chi connectivity index (χ0) is 14.8. The van der Waals surface area contributed by atoms with Gasteiger partial charge in [0.25, 0.3) is 0 Å². The highest BCUT2D eigenvalue weighted by Crippen LogP contribution is 2.20. The second-order valence-electron chi connectivity index (χ2n) is 4.75. The topological polar surface area (TPSA) is 68.8 Å². The molecule has 0 saturated heterocycles. The quantitative estimate of drug-likeness (QED) is 0.723. The monoisotopic (exact) mass is 297 g/mol. The summed E-state index contributed by atoms with van der Waals surface area (Å²) in [6.45, 7) is 0.560. The first-order chi connectivity index (χ1) is 10.1. The van der Waals surface area contributed by atoms with Gasteiger partial charge in [-0.3, -0.25) is 0 Å². The number of aromatic nitrogens is 3. The molecule has 0 saturated carbocycles. The van der Waals surface area contributed by atoms with Gasteiger partial charge in [-0.2, -0.15) is 0 Å². The van der Waals surface area contributed by atoms with Crippen molar-refractivity contribution in [1.29, 1.82) is 0 Å². The normalized spacial score (nSPS) is 10.7. The van der Waals surface area contributed by atoms with Gasteiger partial charge in [-0.1, -0.05) is 30.4 Å². The Bertz CT molecular complexity index is 809. The molecule has 0 unspecified atom stereocenters. The van der Waals surface area contributed by atoms with Gasteiger partial charge in [0, 0.05) is 24.8 Å². The molecule has 2 heterocycles. The fraction of sp³-hybridized carbons (Fsp3) is 0.133. The van der Waals surface area contributed by atoms with Crippen molar-refractivity contribution >= 4 is 33.9 Å². The first kappa shape index (κ1) is 13.5. The molecule has 0 radical (unpaired) electrons. The minimum atomic E-state index is 0.329. The van der Waals surface area contributed by atoms with Crippen LogP contribution in [0.5, 0.6) is 0 Å². The minimum Gasteiger partial charge on any atom is -0.389 e. The van der Waals surface area contributed by atoms with Crippen LogP contribution in [0, 0.1) is 0 Å². The van der Waals surface area contributed by atoms with Crippen LogP contribution in [0.1, 0.15) is 11.4 Å². The van der Waals surface area contributed by atoms with Crippen molar-refractivity contribution in [3.8, 4) is 0 Å². The molecule has 0 amide bonds. The number of nitrogens with one attached hydrogen (secondary N) is 1. The lowest BCUT2D eigenvalue weighted by atomic mass is 10.1. The van der Waals surface area contributed by atoms with E-state index in [9.17, 15) is 0 Å². The number of benzene rings is 1. The number of fused-ring (bicyclic) bond motifs is 1. The molecular formula is C15H15N5S. The number of hydrogen-bond acceptors (Lipinski definition) is 4. The Labute approximate surface area is 127 Å². The van der Waals surface area contributed by atoms with Gasteiger partial charge >= 0.3 is 0 Å². The van der Waals surface area contributed by atoms with E-state index < -0.39 is 0 Å². The lowest BCUT2D eigenvalue weighted by molar-refractivity contribution is 0.811. The summed E-state index contributed by atoms with van der Waals surface area (Å²) < 4.78 is 1.95. The Kier molecular flexibility index (Phi) is 3.53. The van der Waals surface area contributed by atoms with Crippen LogP contribution in [0.15, 0.2) is 42.7 Å². The van der Waals surface area contributed by atoms with E-state index in [-0.39, 0.29) is 0 Å². The number of nitrogens with zero attached hydrogens (tertiary/aromatic N) is 3. The van der Waals surface area contributed by atoms with Crippen molar-refractivity contribution in [2.45, 2.75) is 6.54 Å². The molecule has 106 valence electrons. The number of para-hydroxylation sites is 1. The van der Waals surface area contributed by atoms with Gasteiger partial charge in [-0.15, -0.1) is 0 Å². The van der Waals surface area contributed by atoms with Crippen molar-refractivity contribution in [2.24, 2.45) is 12.8 Å². The van der Waals surface area contributed by atoms with Crippen LogP contribution in [0.25, 0.3) is 10.9 Å². The maximum atomic E-state index is 5.82. The van der Waals surface area contributed by atoms with Crippen LogP contribution in [-0.2, 0) is 13.6 Å². The van der Waals surface area contributed by atoms with Crippen molar-refractivity contribution in [2.75, 3.05) is 5.32 Å². The molecule has 6 heteroatoms. The SMILES string of the molecule is Cn1ccnc1CNc1nc2ccccc2cc1C(N)=S. The number of hydrogen-bond donors (Lipinski definition) is 2. The van der Waals surface area contributed by atoms with E-state index in [0.29, 0.717) is 17.4 Å². The summed E-state index contributed by atoms with van der Waals surface area (Å²) in [6.07, 6.45) is 3.67. The van der Waals surface area contributed by atoms with E-state index in [1.165, 1.54) is 0 Å². The molecule has 0 aliphatic carbocycles. The van der Waals surface area contributed by atoms with Crippen molar-refractivity contribution in [1.82, 2.24) is 14.5 Å². The predicted molar refractivity (Wildman–Crippen MR) is 88.2 cm³/mol. The average molecular weight is 297 g/mol. The zero-order valence-electron chi connectivity index (χ0n) is 11.6. The summed E-state index contributed by atoms with van der Waals surface area (Å²) in [5, 5.41) is 4.28. The van der Waals surface area contributed by atoms with Crippen LogP contribution in [0.4, 0.5) is 5.82 Å². The van der Waals surface area contributed by atoms with Gasteiger partial charge in [-0.25, -0.2) is 9.97 Å². The van der Waals surface area contributed by atoms with E-state index in [1.807, 2.05) is 48.1 Å².